The van der Waals surface area contributed by atoms with Gasteiger partial charge in [-0.2, -0.15) is 0 Å². The summed E-state index contributed by atoms with van der Waals surface area (Å²) in [6.45, 7) is 0. The second kappa shape index (κ2) is 4.90. The summed E-state index contributed by atoms with van der Waals surface area (Å²) in [6.07, 6.45) is 1.74. The van der Waals surface area contributed by atoms with Gasteiger partial charge in [0, 0.05) is 22.7 Å². The smallest absolute Gasteiger partial charge is 0.119 e. The topological polar surface area (TPSA) is 45.5 Å². The first kappa shape index (κ1) is 11.4. The van der Waals surface area contributed by atoms with Crippen molar-refractivity contribution in [2.75, 3.05) is 0 Å². The fourth-order valence-electron chi connectivity index (χ4n) is 2.16. The van der Waals surface area contributed by atoms with E-state index in [-0.39, 0.29) is 0 Å². The summed E-state index contributed by atoms with van der Waals surface area (Å²) < 4.78 is 0. The highest BCUT2D eigenvalue weighted by atomic mass is 16.4. The van der Waals surface area contributed by atoms with Crippen molar-refractivity contribution in [3.8, 4) is 0 Å². The molecule has 1 heterocycles. The van der Waals surface area contributed by atoms with Crippen LogP contribution in [0, 0.1) is 0 Å². The quantitative estimate of drug-likeness (QED) is 0.429. The first-order chi connectivity index (χ1) is 9.40. The van der Waals surface area contributed by atoms with Crippen molar-refractivity contribution in [1.82, 2.24) is 4.98 Å². The minimum absolute atomic E-state index is 0.532. The number of oxime groups is 1. The zero-order valence-corrected chi connectivity index (χ0v) is 10.2. The Hall–Kier alpha value is -2.68. The highest BCUT2D eigenvalue weighted by Gasteiger charge is 2.11. The second-order valence-corrected chi connectivity index (χ2v) is 4.20. The second-order valence-electron chi connectivity index (χ2n) is 4.20. The van der Waals surface area contributed by atoms with Crippen LogP contribution in [0.2, 0.25) is 0 Å². The fourth-order valence-corrected chi connectivity index (χ4v) is 2.16. The molecule has 1 N–H and O–H groups in total. The van der Waals surface area contributed by atoms with E-state index in [9.17, 15) is 5.21 Å². The zero-order chi connectivity index (χ0) is 13.1. The molecule has 2 aromatic carbocycles. The van der Waals surface area contributed by atoms with E-state index in [2.05, 4.69) is 10.1 Å². The summed E-state index contributed by atoms with van der Waals surface area (Å²) in [5.41, 5.74) is 3.06. The minimum Gasteiger partial charge on any atom is -0.410 e. The fraction of sp³-hybridized carbons (Fsp3) is 0. The van der Waals surface area contributed by atoms with Crippen molar-refractivity contribution in [1.29, 1.82) is 0 Å². The third-order valence-corrected chi connectivity index (χ3v) is 3.04. The lowest BCUT2D eigenvalue weighted by atomic mass is 10.00. The normalized spacial score (nSPS) is 11.7. The van der Waals surface area contributed by atoms with Crippen LogP contribution >= 0.6 is 0 Å². The average Bonchev–Trinajstić information content (AvgIpc) is 2.49. The SMILES string of the molecule is ON=C(c1ccccc1)c1cccc2cccnc12. The predicted octanol–water partition coefficient (Wildman–Crippen LogP) is 3.46. The lowest BCUT2D eigenvalue weighted by molar-refractivity contribution is 0.319. The first-order valence-electron chi connectivity index (χ1n) is 6.02. The molecule has 0 amide bonds. The number of benzene rings is 2. The Bertz CT molecular complexity index is 731. The predicted molar refractivity (Wildman–Crippen MR) is 75.6 cm³/mol. The van der Waals surface area contributed by atoms with E-state index in [1.54, 1.807) is 6.20 Å². The maximum atomic E-state index is 9.35. The molecule has 0 saturated carbocycles. The van der Waals surface area contributed by atoms with Gasteiger partial charge in [-0.1, -0.05) is 59.8 Å². The molecule has 3 aromatic rings. The van der Waals surface area contributed by atoms with Crippen LogP contribution < -0.4 is 0 Å². The Morgan fingerprint density at radius 3 is 2.47 bits per heavy atom. The van der Waals surface area contributed by atoms with Gasteiger partial charge in [0.2, 0.25) is 0 Å². The Balaban J connectivity index is 2.24. The van der Waals surface area contributed by atoms with Crippen LogP contribution in [0.5, 0.6) is 0 Å². The molecule has 0 spiro atoms. The van der Waals surface area contributed by atoms with Gasteiger partial charge in [0.1, 0.15) is 5.71 Å². The lowest BCUT2D eigenvalue weighted by Crippen LogP contribution is -2.04. The van der Waals surface area contributed by atoms with Crippen LogP contribution in [0.3, 0.4) is 0 Å². The molecule has 0 aliphatic carbocycles. The van der Waals surface area contributed by atoms with Crippen molar-refractivity contribution in [3.63, 3.8) is 0 Å². The summed E-state index contributed by atoms with van der Waals surface area (Å²) >= 11 is 0. The number of nitrogens with zero attached hydrogens (tertiary/aromatic N) is 2. The van der Waals surface area contributed by atoms with Crippen LogP contribution in [0.25, 0.3) is 10.9 Å². The molecule has 3 heteroatoms. The van der Waals surface area contributed by atoms with E-state index in [0.717, 1.165) is 22.0 Å². The monoisotopic (exact) mass is 248 g/mol. The molecule has 1 aromatic heterocycles. The Kier molecular flexibility index (Phi) is 2.94. The number of fused-ring (bicyclic) bond motifs is 1. The van der Waals surface area contributed by atoms with Crippen molar-refractivity contribution >= 4 is 16.6 Å². The standard InChI is InChI=1S/C16H12N2O/c19-18-16(13-6-2-1-3-7-13)14-10-4-8-12-9-5-11-17-15(12)14/h1-11,19H. The molecule has 0 atom stereocenters. The summed E-state index contributed by atoms with van der Waals surface area (Å²) in [4.78, 5) is 4.38. The molecule has 0 saturated heterocycles. The van der Waals surface area contributed by atoms with E-state index in [1.165, 1.54) is 0 Å². The average molecular weight is 248 g/mol. The number of hydrogen-bond donors (Lipinski definition) is 1. The van der Waals surface area contributed by atoms with E-state index in [1.807, 2.05) is 60.7 Å². The lowest BCUT2D eigenvalue weighted by Gasteiger charge is -2.07. The van der Waals surface area contributed by atoms with E-state index < -0.39 is 0 Å². The van der Waals surface area contributed by atoms with E-state index >= 15 is 0 Å². The van der Waals surface area contributed by atoms with Crippen LogP contribution in [0.1, 0.15) is 11.1 Å². The molecule has 0 aliphatic rings. The molecule has 19 heavy (non-hydrogen) atoms. The van der Waals surface area contributed by atoms with Crippen LogP contribution in [-0.4, -0.2) is 15.9 Å². The summed E-state index contributed by atoms with van der Waals surface area (Å²) in [5, 5.41) is 13.8. The Morgan fingerprint density at radius 2 is 1.68 bits per heavy atom. The van der Waals surface area contributed by atoms with Gasteiger partial charge in [-0.3, -0.25) is 4.98 Å². The molecule has 3 nitrogen and oxygen atoms in total. The highest BCUT2D eigenvalue weighted by molar-refractivity contribution is 6.18. The van der Waals surface area contributed by atoms with Gasteiger partial charge in [-0.05, 0) is 6.07 Å². The minimum atomic E-state index is 0.532. The molecule has 3 rings (SSSR count). The van der Waals surface area contributed by atoms with Gasteiger partial charge in [-0.25, -0.2) is 0 Å². The summed E-state index contributed by atoms with van der Waals surface area (Å²) in [6, 6.07) is 19.3. The number of rotatable bonds is 2. The van der Waals surface area contributed by atoms with E-state index in [4.69, 9.17) is 0 Å². The summed E-state index contributed by atoms with van der Waals surface area (Å²) in [7, 11) is 0. The maximum absolute atomic E-state index is 9.35. The van der Waals surface area contributed by atoms with E-state index in [0.29, 0.717) is 5.71 Å². The van der Waals surface area contributed by atoms with Crippen LogP contribution in [0.15, 0.2) is 72.0 Å². The third-order valence-electron chi connectivity index (χ3n) is 3.04. The third kappa shape index (κ3) is 2.06. The summed E-state index contributed by atoms with van der Waals surface area (Å²) in [5.74, 6) is 0. The van der Waals surface area contributed by atoms with Gasteiger partial charge in [0.15, 0.2) is 0 Å². The molecule has 0 radical (unpaired) electrons. The van der Waals surface area contributed by atoms with Gasteiger partial charge in [-0.15, -0.1) is 0 Å². The van der Waals surface area contributed by atoms with Crippen molar-refractivity contribution in [2.45, 2.75) is 0 Å². The van der Waals surface area contributed by atoms with Crippen molar-refractivity contribution in [2.24, 2.45) is 5.16 Å². The van der Waals surface area contributed by atoms with Crippen LogP contribution in [0.4, 0.5) is 0 Å². The molecule has 0 aliphatic heterocycles. The van der Waals surface area contributed by atoms with Crippen LogP contribution in [-0.2, 0) is 0 Å². The molecule has 92 valence electrons. The van der Waals surface area contributed by atoms with Crippen molar-refractivity contribution in [3.05, 3.63) is 78.0 Å². The molecule has 0 unspecified atom stereocenters. The van der Waals surface area contributed by atoms with Gasteiger partial charge < -0.3 is 5.21 Å². The Morgan fingerprint density at radius 1 is 0.895 bits per heavy atom. The van der Waals surface area contributed by atoms with Gasteiger partial charge >= 0.3 is 0 Å². The first-order valence-corrected chi connectivity index (χ1v) is 6.02. The molecular weight excluding hydrogens is 236 g/mol. The van der Waals surface area contributed by atoms with Gasteiger partial charge in [0.25, 0.3) is 0 Å². The highest BCUT2D eigenvalue weighted by Crippen LogP contribution is 2.19. The number of para-hydroxylation sites is 1. The largest absolute Gasteiger partial charge is 0.410 e. The Labute approximate surface area is 110 Å². The number of pyridine rings is 1. The van der Waals surface area contributed by atoms with Crippen molar-refractivity contribution < 1.29 is 5.21 Å². The number of aromatic nitrogens is 1. The zero-order valence-electron chi connectivity index (χ0n) is 10.2. The van der Waals surface area contributed by atoms with Gasteiger partial charge in [0.05, 0.1) is 5.52 Å². The maximum Gasteiger partial charge on any atom is 0.119 e. The number of hydrogen-bond acceptors (Lipinski definition) is 3. The molecular formula is C16H12N2O. The molecule has 0 fully saturated rings. The molecule has 0 bridgehead atoms.